The van der Waals surface area contributed by atoms with Crippen molar-refractivity contribution in [2.45, 2.75) is 26.4 Å². The van der Waals surface area contributed by atoms with E-state index in [2.05, 4.69) is 23.7 Å². The van der Waals surface area contributed by atoms with Gasteiger partial charge in [-0.1, -0.05) is 23.2 Å². The zero-order valence-corrected chi connectivity index (χ0v) is 15.1. The van der Waals surface area contributed by atoms with Crippen molar-refractivity contribution in [1.82, 2.24) is 0 Å². The number of anilines is 1. The molecule has 0 aliphatic heterocycles. The molecule has 0 fully saturated rings. The van der Waals surface area contributed by atoms with Crippen LogP contribution in [0.3, 0.4) is 0 Å². The van der Waals surface area contributed by atoms with Crippen molar-refractivity contribution in [3.8, 4) is 0 Å². The summed E-state index contributed by atoms with van der Waals surface area (Å²) in [5, 5.41) is 5.94. The van der Waals surface area contributed by atoms with Gasteiger partial charge in [-0.3, -0.25) is 4.79 Å². The van der Waals surface area contributed by atoms with Crippen LogP contribution in [0.15, 0.2) is 29.6 Å². The fourth-order valence-corrected chi connectivity index (χ4v) is 3.50. The van der Waals surface area contributed by atoms with E-state index in [1.54, 1.807) is 29.5 Å². The van der Waals surface area contributed by atoms with E-state index in [-0.39, 0.29) is 11.9 Å². The van der Waals surface area contributed by atoms with Gasteiger partial charge < -0.3 is 10.2 Å². The summed E-state index contributed by atoms with van der Waals surface area (Å²) < 4.78 is 0. The van der Waals surface area contributed by atoms with E-state index in [9.17, 15) is 4.79 Å². The van der Waals surface area contributed by atoms with Crippen molar-refractivity contribution in [2.75, 3.05) is 12.4 Å². The molecule has 2 rings (SSSR count). The summed E-state index contributed by atoms with van der Waals surface area (Å²) in [5.74, 6) is -0.0593. The molecule has 1 aromatic heterocycles. The van der Waals surface area contributed by atoms with Crippen LogP contribution >= 0.6 is 34.5 Å². The molecule has 1 heterocycles. The fourth-order valence-electron chi connectivity index (χ4n) is 2.05. The van der Waals surface area contributed by atoms with Gasteiger partial charge in [-0.05, 0) is 49.1 Å². The van der Waals surface area contributed by atoms with Gasteiger partial charge in [0.2, 0.25) is 0 Å². The minimum Gasteiger partial charge on any atom is -0.323 e. The number of hydrogen-bond donors (Lipinski definition) is 2. The van der Waals surface area contributed by atoms with Gasteiger partial charge in [0, 0.05) is 5.02 Å². The number of likely N-dealkylation sites (N-methyl/N-ethyl adjacent to an activating group) is 1. The van der Waals surface area contributed by atoms with Gasteiger partial charge in [-0.25, -0.2) is 0 Å². The highest BCUT2D eigenvalue weighted by Crippen LogP contribution is 2.25. The van der Waals surface area contributed by atoms with Gasteiger partial charge in [0.25, 0.3) is 5.91 Å². The van der Waals surface area contributed by atoms with E-state index >= 15 is 0 Å². The number of benzene rings is 1. The molecule has 1 unspecified atom stereocenters. The van der Waals surface area contributed by atoms with Crippen LogP contribution in [-0.4, -0.2) is 19.0 Å². The standard InChI is InChI=1S/C16H18Cl2N2OS/c1-10-6-7-22-15(10)9-20(3)11(2)16(21)19-14-5-4-12(17)8-13(14)18/h4-8,11H,9H2,1-3H3,(H,19,21)/p+1/t11-/m0/s1. The second-order valence-electron chi connectivity index (χ2n) is 5.39. The Kier molecular flexibility index (Phi) is 5.87. The maximum absolute atomic E-state index is 12.4. The van der Waals surface area contributed by atoms with E-state index in [4.69, 9.17) is 23.2 Å². The highest BCUT2D eigenvalue weighted by Gasteiger charge is 2.23. The van der Waals surface area contributed by atoms with Crippen LogP contribution in [0.4, 0.5) is 5.69 Å². The maximum Gasteiger partial charge on any atom is 0.282 e. The van der Waals surface area contributed by atoms with Crippen molar-refractivity contribution in [3.05, 3.63) is 50.1 Å². The lowest BCUT2D eigenvalue weighted by Gasteiger charge is -2.21. The number of thiophene rings is 1. The number of aryl methyl sites for hydroxylation is 1. The Hall–Kier alpha value is -1.07. The predicted octanol–water partition coefficient (Wildman–Crippen LogP) is 3.41. The summed E-state index contributed by atoms with van der Waals surface area (Å²) in [4.78, 5) is 14.8. The SMILES string of the molecule is Cc1ccsc1C[NH+](C)[C@@H](C)C(=O)Nc1ccc(Cl)cc1Cl. The van der Waals surface area contributed by atoms with Crippen LogP contribution in [0.5, 0.6) is 0 Å². The first-order chi connectivity index (χ1) is 10.4. The Labute approximate surface area is 144 Å². The van der Waals surface area contributed by atoms with Crippen LogP contribution in [-0.2, 0) is 11.3 Å². The summed E-state index contributed by atoms with van der Waals surface area (Å²) in [5.41, 5.74) is 1.86. The van der Waals surface area contributed by atoms with Gasteiger partial charge >= 0.3 is 0 Å². The summed E-state index contributed by atoms with van der Waals surface area (Å²) in [6.07, 6.45) is 0. The lowest BCUT2D eigenvalue weighted by atomic mass is 10.2. The van der Waals surface area contributed by atoms with Crippen molar-refractivity contribution in [1.29, 1.82) is 0 Å². The van der Waals surface area contributed by atoms with E-state index < -0.39 is 0 Å². The van der Waals surface area contributed by atoms with E-state index in [0.717, 1.165) is 11.4 Å². The number of hydrogen-bond acceptors (Lipinski definition) is 2. The zero-order chi connectivity index (χ0) is 16.3. The molecule has 2 atom stereocenters. The number of amides is 1. The van der Waals surface area contributed by atoms with Crippen LogP contribution in [0.2, 0.25) is 10.0 Å². The van der Waals surface area contributed by atoms with E-state index in [1.807, 2.05) is 14.0 Å². The normalized spacial score (nSPS) is 13.7. The van der Waals surface area contributed by atoms with Crippen LogP contribution in [0.1, 0.15) is 17.4 Å². The second-order valence-corrected chi connectivity index (χ2v) is 7.23. The van der Waals surface area contributed by atoms with Crippen molar-refractivity contribution in [3.63, 3.8) is 0 Å². The topological polar surface area (TPSA) is 33.5 Å². The number of halogens is 2. The summed E-state index contributed by atoms with van der Waals surface area (Å²) in [6, 6.07) is 6.96. The highest BCUT2D eigenvalue weighted by molar-refractivity contribution is 7.10. The minimum absolute atomic E-state index is 0.0593. The summed E-state index contributed by atoms with van der Waals surface area (Å²) >= 11 is 13.7. The third-order valence-electron chi connectivity index (χ3n) is 3.73. The lowest BCUT2D eigenvalue weighted by molar-refractivity contribution is -0.907. The first-order valence-corrected chi connectivity index (χ1v) is 8.63. The van der Waals surface area contributed by atoms with Crippen LogP contribution in [0.25, 0.3) is 0 Å². The Balaban J connectivity index is 2.00. The second kappa shape index (κ2) is 7.47. The Morgan fingerprint density at radius 1 is 1.36 bits per heavy atom. The molecule has 2 aromatic rings. The molecule has 1 aromatic carbocycles. The quantitative estimate of drug-likeness (QED) is 0.844. The molecule has 22 heavy (non-hydrogen) atoms. The number of carbonyl (C=O) groups is 1. The number of quaternary nitrogens is 1. The third kappa shape index (κ3) is 4.23. The van der Waals surface area contributed by atoms with Gasteiger partial charge in [-0.2, -0.15) is 0 Å². The van der Waals surface area contributed by atoms with Crippen molar-refractivity contribution < 1.29 is 9.69 Å². The molecule has 118 valence electrons. The first-order valence-electron chi connectivity index (χ1n) is 6.99. The predicted molar refractivity (Wildman–Crippen MR) is 94.2 cm³/mol. The molecule has 2 N–H and O–H groups in total. The summed E-state index contributed by atoms with van der Waals surface area (Å²) in [6.45, 7) is 4.83. The Morgan fingerprint density at radius 2 is 2.09 bits per heavy atom. The maximum atomic E-state index is 12.4. The number of rotatable bonds is 5. The molecular weight excluding hydrogens is 339 g/mol. The first kappa shape index (κ1) is 17.3. The molecule has 0 bridgehead atoms. The fraction of sp³-hybridized carbons (Fsp3) is 0.312. The molecule has 0 spiro atoms. The van der Waals surface area contributed by atoms with Crippen LogP contribution < -0.4 is 10.2 Å². The zero-order valence-electron chi connectivity index (χ0n) is 12.7. The van der Waals surface area contributed by atoms with E-state index in [1.165, 1.54) is 10.4 Å². The smallest absolute Gasteiger partial charge is 0.282 e. The average molecular weight is 358 g/mol. The van der Waals surface area contributed by atoms with E-state index in [0.29, 0.717) is 15.7 Å². The van der Waals surface area contributed by atoms with Crippen molar-refractivity contribution >= 4 is 46.1 Å². The molecule has 0 radical (unpaired) electrons. The molecule has 0 saturated heterocycles. The molecule has 6 heteroatoms. The Bertz CT molecular complexity index is 672. The van der Waals surface area contributed by atoms with Gasteiger partial charge in [-0.15, -0.1) is 11.3 Å². The number of nitrogens with one attached hydrogen (secondary N) is 2. The molecule has 0 saturated carbocycles. The largest absolute Gasteiger partial charge is 0.323 e. The third-order valence-corrected chi connectivity index (χ3v) is 5.30. The van der Waals surface area contributed by atoms with Crippen molar-refractivity contribution in [2.24, 2.45) is 0 Å². The minimum atomic E-state index is -0.187. The highest BCUT2D eigenvalue weighted by atomic mass is 35.5. The molecule has 0 aliphatic carbocycles. The summed E-state index contributed by atoms with van der Waals surface area (Å²) in [7, 11) is 2.02. The molecule has 0 aliphatic rings. The van der Waals surface area contributed by atoms with Gasteiger partial charge in [0.05, 0.1) is 22.6 Å². The van der Waals surface area contributed by atoms with Gasteiger partial charge in [0.15, 0.2) is 6.04 Å². The average Bonchev–Trinajstić information content (AvgIpc) is 2.86. The Morgan fingerprint density at radius 3 is 2.68 bits per heavy atom. The lowest BCUT2D eigenvalue weighted by Crippen LogP contribution is -3.12. The van der Waals surface area contributed by atoms with Gasteiger partial charge in [0.1, 0.15) is 6.54 Å². The molecule has 3 nitrogen and oxygen atoms in total. The molecular formula is C16H19Cl2N2OS+. The molecule has 1 amide bonds. The monoisotopic (exact) mass is 357 g/mol. The van der Waals surface area contributed by atoms with Crippen LogP contribution in [0, 0.1) is 6.92 Å². The number of carbonyl (C=O) groups excluding carboxylic acids is 1.